The number of ether oxygens (including phenoxy) is 1. The van der Waals surface area contributed by atoms with Crippen molar-refractivity contribution in [3.63, 3.8) is 0 Å². The van der Waals surface area contributed by atoms with Gasteiger partial charge in [-0.3, -0.25) is 28.8 Å². The van der Waals surface area contributed by atoms with Gasteiger partial charge in [0.25, 0.3) is 11.5 Å². The van der Waals surface area contributed by atoms with Gasteiger partial charge in [0.05, 0.1) is 24.4 Å². The first-order valence-corrected chi connectivity index (χ1v) is 15.8. The summed E-state index contributed by atoms with van der Waals surface area (Å²) in [4.78, 5) is 59.2. The van der Waals surface area contributed by atoms with E-state index in [2.05, 4.69) is 26.1 Å². The zero-order valence-electron chi connectivity index (χ0n) is 26.3. The molecule has 1 saturated heterocycles. The van der Waals surface area contributed by atoms with Gasteiger partial charge in [-0.1, -0.05) is 0 Å². The Morgan fingerprint density at radius 3 is 2.78 bits per heavy atom. The van der Waals surface area contributed by atoms with Gasteiger partial charge >= 0.3 is 5.97 Å². The van der Waals surface area contributed by atoms with Crippen LogP contribution in [0.25, 0.3) is 11.1 Å². The molecule has 7 rings (SSSR count). The summed E-state index contributed by atoms with van der Waals surface area (Å²) >= 11 is 0. The van der Waals surface area contributed by atoms with Crippen molar-refractivity contribution < 1.29 is 23.7 Å². The number of nitrogens with one attached hydrogen (secondary N) is 1. The second kappa shape index (κ2) is 11.7. The Bertz CT molecular complexity index is 1900. The van der Waals surface area contributed by atoms with Gasteiger partial charge in [0.1, 0.15) is 24.7 Å². The fourth-order valence-corrected chi connectivity index (χ4v) is 7.04. The molecule has 0 saturated carbocycles. The first-order valence-electron chi connectivity index (χ1n) is 15.8. The number of hydrogen-bond acceptors (Lipinski definition) is 8. The maximum absolute atomic E-state index is 14.0. The molecule has 1 N–H and O–H groups in total. The summed E-state index contributed by atoms with van der Waals surface area (Å²) in [7, 11) is 1.67. The standard InChI is InChI=1S/C33H36N8O5/c1-20(42)38-12-13-41-24(18-38)16-30(36-41)35-28-14-22(17-37(3)33(28)45)25-7-9-34-31(27(25)19-46-21(2)43)40-11-8-29-26(32(40)44)15-23-6-4-5-10-39(23)29/h7,9,14-17,29H,4-6,8,10-13,18-19H2,1-3H3/p+1. The summed E-state index contributed by atoms with van der Waals surface area (Å²) in [6, 6.07) is 5.48. The highest BCUT2D eigenvalue weighted by Gasteiger charge is 2.45. The maximum Gasteiger partial charge on any atom is 0.302 e. The van der Waals surface area contributed by atoms with Crippen molar-refractivity contribution in [2.24, 2.45) is 7.05 Å². The minimum Gasteiger partial charge on any atom is -0.461 e. The fraction of sp³-hybridized carbons (Fsp3) is 0.424. The van der Waals surface area contributed by atoms with E-state index in [1.807, 2.05) is 10.7 Å². The molecule has 1 atom stereocenters. The number of anilines is 3. The lowest BCUT2D eigenvalue weighted by atomic mass is 9.96. The van der Waals surface area contributed by atoms with Crippen LogP contribution in [-0.4, -0.2) is 78.0 Å². The molecule has 1 fully saturated rings. The predicted molar refractivity (Wildman–Crippen MR) is 170 cm³/mol. The summed E-state index contributed by atoms with van der Waals surface area (Å²) in [6.07, 6.45) is 9.46. The number of esters is 1. The molecular formula is C33H37N8O5+. The molecule has 2 amide bonds. The number of pyridine rings is 2. The van der Waals surface area contributed by atoms with Crippen LogP contribution in [0.5, 0.6) is 0 Å². The number of nitrogens with zero attached hydrogens (tertiary/aromatic N) is 7. The zero-order valence-corrected chi connectivity index (χ0v) is 26.3. The van der Waals surface area contributed by atoms with E-state index < -0.39 is 5.97 Å². The van der Waals surface area contributed by atoms with Crippen LogP contribution in [0.1, 0.15) is 50.8 Å². The van der Waals surface area contributed by atoms with Crippen molar-refractivity contribution in [3.8, 4) is 11.1 Å². The second-order valence-electron chi connectivity index (χ2n) is 12.3. The summed E-state index contributed by atoms with van der Waals surface area (Å²) < 4.78 is 11.2. The predicted octanol–water partition coefficient (Wildman–Crippen LogP) is 2.50. The third-order valence-corrected chi connectivity index (χ3v) is 9.34. The third kappa shape index (κ3) is 5.29. The molecule has 4 aliphatic rings. The van der Waals surface area contributed by atoms with Crippen molar-refractivity contribution in [1.29, 1.82) is 0 Å². The molecule has 7 heterocycles. The number of piperidine rings is 1. The lowest BCUT2D eigenvalue weighted by molar-refractivity contribution is -0.557. The summed E-state index contributed by atoms with van der Waals surface area (Å²) in [5.41, 5.74) is 4.90. The number of hydrogen-bond donors (Lipinski definition) is 1. The Hall–Kier alpha value is -5.07. The van der Waals surface area contributed by atoms with Gasteiger partial charge in [0.2, 0.25) is 5.91 Å². The van der Waals surface area contributed by atoms with Crippen molar-refractivity contribution in [2.75, 3.05) is 29.9 Å². The van der Waals surface area contributed by atoms with Gasteiger partial charge in [-0.25, -0.2) is 9.56 Å². The number of aromatic nitrogens is 4. The highest BCUT2D eigenvalue weighted by Crippen LogP contribution is 2.36. The van der Waals surface area contributed by atoms with E-state index in [9.17, 15) is 19.2 Å². The van der Waals surface area contributed by atoms with Gasteiger partial charge in [-0.2, -0.15) is 5.10 Å². The lowest BCUT2D eigenvalue weighted by Gasteiger charge is -2.31. The summed E-state index contributed by atoms with van der Waals surface area (Å²) in [6.45, 7) is 5.86. The smallest absolute Gasteiger partial charge is 0.302 e. The van der Waals surface area contributed by atoms with Gasteiger partial charge in [-0.15, -0.1) is 0 Å². The molecule has 1 unspecified atom stereocenters. The minimum absolute atomic E-state index is 0.00511. The number of amides is 2. The number of aryl methyl sites for hydroxylation is 1. The number of rotatable bonds is 6. The van der Waals surface area contributed by atoms with Gasteiger partial charge < -0.3 is 19.5 Å². The first kappa shape index (κ1) is 29.6. The SMILES string of the molecule is CC(=O)OCc1c(-c2cc(Nc3cc4n(n3)CCN(C(C)=O)C4)c(=O)n(C)c2)ccnc1N1CCC2C(=CC3=[N+]2CCCC3)C1=O. The average Bonchev–Trinajstić information content (AvgIpc) is 3.63. The van der Waals surface area contributed by atoms with Gasteiger partial charge in [-0.05, 0) is 24.1 Å². The summed E-state index contributed by atoms with van der Waals surface area (Å²) in [5.74, 6) is 0.413. The van der Waals surface area contributed by atoms with Crippen molar-refractivity contribution in [2.45, 2.75) is 65.3 Å². The van der Waals surface area contributed by atoms with E-state index >= 15 is 0 Å². The Kier molecular flexibility index (Phi) is 7.53. The summed E-state index contributed by atoms with van der Waals surface area (Å²) in [5, 5.41) is 7.79. The van der Waals surface area contributed by atoms with E-state index in [-0.39, 0.29) is 30.0 Å². The maximum atomic E-state index is 14.0. The van der Waals surface area contributed by atoms with Crippen LogP contribution in [0.2, 0.25) is 0 Å². The molecule has 0 aliphatic carbocycles. The Morgan fingerprint density at radius 2 is 1.98 bits per heavy atom. The van der Waals surface area contributed by atoms with Crippen LogP contribution in [0.4, 0.5) is 17.3 Å². The van der Waals surface area contributed by atoms with Crippen LogP contribution >= 0.6 is 0 Å². The molecule has 13 nitrogen and oxygen atoms in total. The Labute approximate surface area is 265 Å². The molecule has 46 heavy (non-hydrogen) atoms. The fourth-order valence-electron chi connectivity index (χ4n) is 7.04. The van der Waals surface area contributed by atoms with Gasteiger partial charge in [0, 0.05) is 88.9 Å². The molecule has 0 aromatic carbocycles. The number of allylic oxidation sites excluding steroid dienone is 1. The monoisotopic (exact) mass is 625 g/mol. The van der Waals surface area contributed by atoms with Crippen LogP contribution in [-0.2, 0) is 45.9 Å². The zero-order chi connectivity index (χ0) is 32.1. The van der Waals surface area contributed by atoms with E-state index in [4.69, 9.17) is 4.74 Å². The normalized spacial score (nSPS) is 19.0. The van der Waals surface area contributed by atoms with Crippen LogP contribution in [0.3, 0.4) is 0 Å². The van der Waals surface area contributed by atoms with E-state index in [0.717, 1.165) is 43.5 Å². The molecule has 13 heteroatoms. The highest BCUT2D eigenvalue weighted by atomic mass is 16.5. The highest BCUT2D eigenvalue weighted by molar-refractivity contribution is 6.12. The molecule has 0 bridgehead atoms. The van der Waals surface area contributed by atoms with Crippen LogP contribution in [0, 0.1) is 0 Å². The molecular weight excluding hydrogens is 588 g/mol. The largest absolute Gasteiger partial charge is 0.461 e. The molecule has 4 aliphatic heterocycles. The lowest BCUT2D eigenvalue weighted by Crippen LogP contribution is -2.46. The first-order chi connectivity index (χ1) is 22.2. The number of carbonyl (C=O) groups is 3. The molecule has 0 radical (unpaired) electrons. The van der Waals surface area contributed by atoms with E-state index in [0.29, 0.717) is 60.2 Å². The number of carbonyl (C=O) groups excluding carboxylic acids is 3. The Morgan fingerprint density at radius 1 is 1.13 bits per heavy atom. The minimum atomic E-state index is -0.451. The topological polar surface area (TPSA) is 135 Å². The van der Waals surface area contributed by atoms with Crippen molar-refractivity contribution in [1.82, 2.24) is 24.2 Å². The van der Waals surface area contributed by atoms with E-state index in [1.54, 1.807) is 48.3 Å². The Balaban J connectivity index is 1.23. The average molecular weight is 626 g/mol. The van der Waals surface area contributed by atoms with Crippen molar-refractivity contribution in [3.05, 3.63) is 63.9 Å². The van der Waals surface area contributed by atoms with Crippen LogP contribution < -0.4 is 15.8 Å². The second-order valence-corrected chi connectivity index (χ2v) is 12.3. The molecule has 3 aromatic rings. The van der Waals surface area contributed by atoms with Gasteiger partial charge in [0.15, 0.2) is 17.6 Å². The molecule has 0 spiro atoms. The third-order valence-electron chi connectivity index (χ3n) is 9.34. The van der Waals surface area contributed by atoms with E-state index in [1.165, 1.54) is 17.2 Å². The molecule has 238 valence electrons. The number of fused-ring (bicyclic) bond motifs is 3. The quantitative estimate of drug-likeness (QED) is 0.326. The van der Waals surface area contributed by atoms with Crippen molar-refractivity contribution >= 4 is 40.8 Å². The van der Waals surface area contributed by atoms with Crippen LogP contribution in [0.15, 0.2) is 47.0 Å². The molecule has 3 aromatic heterocycles.